The summed E-state index contributed by atoms with van der Waals surface area (Å²) in [6.45, 7) is 11.8. The second kappa shape index (κ2) is 7.19. The zero-order valence-corrected chi connectivity index (χ0v) is 14.6. The highest BCUT2D eigenvalue weighted by atomic mass is 32.1. The molecule has 0 fully saturated rings. The summed E-state index contributed by atoms with van der Waals surface area (Å²) in [4.78, 5) is 6.05. The largest absolute Gasteiger partial charge is 0.314 e. The Morgan fingerprint density at radius 1 is 1.19 bits per heavy atom. The van der Waals surface area contributed by atoms with Gasteiger partial charge in [0.2, 0.25) is 0 Å². The Balaban J connectivity index is 2.19. The van der Waals surface area contributed by atoms with E-state index in [1.165, 1.54) is 26.7 Å². The normalized spacial score (nSPS) is 12.9. The van der Waals surface area contributed by atoms with E-state index < -0.39 is 0 Å². The summed E-state index contributed by atoms with van der Waals surface area (Å²) in [5.74, 6) is 0.484. The zero-order valence-electron chi connectivity index (χ0n) is 13.7. The fraction of sp³-hybridized carbons (Fsp3) is 0.500. The van der Waals surface area contributed by atoms with E-state index in [0.717, 1.165) is 13.0 Å². The first-order chi connectivity index (χ1) is 9.95. The van der Waals surface area contributed by atoms with Crippen molar-refractivity contribution < 1.29 is 0 Å². The summed E-state index contributed by atoms with van der Waals surface area (Å²) in [5, 5.41) is 4.83. The Hall–Kier alpha value is -1.19. The topological polar surface area (TPSA) is 24.9 Å². The zero-order chi connectivity index (χ0) is 15.4. The van der Waals surface area contributed by atoms with Gasteiger partial charge in [0.1, 0.15) is 0 Å². The molecular formula is C18H26N2S. The smallest absolute Gasteiger partial charge is 0.0937 e. The molecule has 2 aromatic rings. The molecule has 0 spiro atoms. The van der Waals surface area contributed by atoms with Crippen molar-refractivity contribution in [3.8, 4) is 0 Å². The molecule has 0 aliphatic heterocycles. The van der Waals surface area contributed by atoms with Crippen LogP contribution in [0.2, 0.25) is 0 Å². The Labute approximate surface area is 132 Å². The van der Waals surface area contributed by atoms with E-state index in [1.54, 1.807) is 0 Å². The van der Waals surface area contributed by atoms with E-state index in [9.17, 15) is 0 Å². The first-order valence-corrected chi connectivity index (χ1v) is 8.50. The molecule has 0 saturated heterocycles. The van der Waals surface area contributed by atoms with Crippen molar-refractivity contribution in [1.82, 2.24) is 10.3 Å². The van der Waals surface area contributed by atoms with Gasteiger partial charge >= 0.3 is 0 Å². The third-order valence-electron chi connectivity index (χ3n) is 3.78. The first kappa shape index (κ1) is 16.2. The van der Waals surface area contributed by atoms with Gasteiger partial charge in [0.15, 0.2) is 0 Å². The maximum absolute atomic E-state index is 4.72. The molecule has 2 rings (SSSR count). The summed E-state index contributed by atoms with van der Waals surface area (Å²) >= 11 is 1.84. The third-order valence-corrected chi connectivity index (χ3v) is 4.88. The van der Waals surface area contributed by atoms with Crippen LogP contribution < -0.4 is 5.32 Å². The monoisotopic (exact) mass is 302 g/mol. The van der Waals surface area contributed by atoms with Crippen molar-refractivity contribution in [2.75, 3.05) is 6.54 Å². The molecule has 0 saturated carbocycles. The van der Waals surface area contributed by atoms with E-state index in [1.807, 2.05) is 11.3 Å². The summed E-state index contributed by atoms with van der Waals surface area (Å²) in [7, 11) is 0. The molecule has 2 nitrogen and oxygen atoms in total. The van der Waals surface area contributed by atoms with Crippen molar-refractivity contribution in [1.29, 1.82) is 0 Å². The van der Waals surface area contributed by atoms with E-state index in [4.69, 9.17) is 4.98 Å². The van der Waals surface area contributed by atoms with Crippen LogP contribution in [0.25, 0.3) is 0 Å². The van der Waals surface area contributed by atoms with Gasteiger partial charge in [0, 0.05) is 29.8 Å². The van der Waals surface area contributed by atoms with Crippen LogP contribution in [0.3, 0.4) is 0 Å². The lowest BCUT2D eigenvalue weighted by Gasteiger charge is -2.19. The van der Waals surface area contributed by atoms with Gasteiger partial charge in [-0.05, 0) is 26.3 Å². The molecule has 0 radical (unpaired) electrons. The molecule has 0 aliphatic carbocycles. The summed E-state index contributed by atoms with van der Waals surface area (Å²) < 4.78 is 0. The highest BCUT2D eigenvalue weighted by molar-refractivity contribution is 7.11. The molecule has 1 aromatic heterocycles. The highest BCUT2D eigenvalue weighted by Crippen LogP contribution is 2.25. The number of thiazole rings is 1. The molecular weight excluding hydrogens is 276 g/mol. The van der Waals surface area contributed by atoms with Crippen LogP contribution in [0.1, 0.15) is 46.5 Å². The number of aryl methyl sites for hydroxylation is 3. The van der Waals surface area contributed by atoms with Gasteiger partial charge in [-0.2, -0.15) is 0 Å². The summed E-state index contributed by atoms with van der Waals surface area (Å²) in [5.41, 5.74) is 3.91. The first-order valence-electron chi connectivity index (χ1n) is 7.68. The maximum Gasteiger partial charge on any atom is 0.0937 e. The minimum absolute atomic E-state index is 0.484. The minimum atomic E-state index is 0.484. The van der Waals surface area contributed by atoms with E-state index >= 15 is 0 Å². The molecule has 114 valence electrons. The van der Waals surface area contributed by atoms with Crippen LogP contribution in [0.5, 0.6) is 0 Å². The summed E-state index contributed by atoms with van der Waals surface area (Å²) in [6.07, 6.45) is 1.02. The van der Waals surface area contributed by atoms with E-state index in [-0.39, 0.29) is 0 Å². The van der Waals surface area contributed by atoms with Crippen LogP contribution >= 0.6 is 11.3 Å². The molecule has 3 heteroatoms. The second-order valence-corrected chi connectivity index (χ2v) is 7.42. The van der Waals surface area contributed by atoms with Crippen molar-refractivity contribution >= 4 is 11.3 Å². The standard InChI is InChI=1S/C18H26N2S/c1-12(2)19-11-17(16-8-6-7-13(3)9-16)10-18-20-14(4)15(5)21-18/h6-9,12,17,19H,10-11H2,1-5H3. The fourth-order valence-electron chi connectivity index (χ4n) is 2.45. The molecule has 0 amide bonds. The lowest BCUT2D eigenvalue weighted by atomic mass is 9.94. The van der Waals surface area contributed by atoms with Crippen LogP contribution in [-0.4, -0.2) is 17.6 Å². The third kappa shape index (κ3) is 4.65. The highest BCUT2D eigenvalue weighted by Gasteiger charge is 2.16. The summed E-state index contributed by atoms with van der Waals surface area (Å²) in [6, 6.07) is 9.38. The number of nitrogens with one attached hydrogen (secondary N) is 1. The molecule has 21 heavy (non-hydrogen) atoms. The Morgan fingerprint density at radius 3 is 2.52 bits per heavy atom. The average molecular weight is 302 g/mol. The van der Waals surface area contributed by atoms with E-state index in [0.29, 0.717) is 12.0 Å². The van der Waals surface area contributed by atoms with Crippen molar-refractivity contribution in [2.24, 2.45) is 0 Å². The maximum atomic E-state index is 4.72. The number of benzene rings is 1. The minimum Gasteiger partial charge on any atom is -0.314 e. The van der Waals surface area contributed by atoms with Crippen LogP contribution in [0.4, 0.5) is 0 Å². The van der Waals surface area contributed by atoms with Crippen LogP contribution in [0, 0.1) is 20.8 Å². The lowest BCUT2D eigenvalue weighted by Crippen LogP contribution is -2.29. The number of hydrogen-bond donors (Lipinski definition) is 1. The number of rotatable bonds is 6. The molecule has 0 bridgehead atoms. The Morgan fingerprint density at radius 2 is 1.95 bits per heavy atom. The molecule has 1 N–H and O–H groups in total. The van der Waals surface area contributed by atoms with Gasteiger partial charge in [0.25, 0.3) is 0 Å². The van der Waals surface area contributed by atoms with Gasteiger partial charge in [-0.15, -0.1) is 11.3 Å². The SMILES string of the molecule is Cc1cccc(C(CNC(C)C)Cc2nc(C)c(C)s2)c1. The quantitative estimate of drug-likeness (QED) is 0.856. The lowest BCUT2D eigenvalue weighted by molar-refractivity contribution is 0.526. The van der Waals surface area contributed by atoms with Gasteiger partial charge in [0.05, 0.1) is 10.7 Å². The van der Waals surface area contributed by atoms with Crippen molar-refractivity contribution in [3.05, 3.63) is 51.0 Å². The molecule has 1 unspecified atom stereocenters. The van der Waals surface area contributed by atoms with Gasteiger partial charge in [-0.25, -0.2) is 4.98 Å². The molecule has 1 atom stereocenters. The van der Waals surface area contributed by atoms with Gasteiger partial charge in [-0.3, -0.25) is 0 Å². The average Bonchev–Trinajstić information content (AvgIpc) is 2.73. The van der Waals surface area contributed by atoms with Crippen LogP contribution in [0.15, 0.2) is 24.3 Å². The number of hydrogen-bond acceptors (Lipinski definition) is 3. The number of nitrogens with zero attached hydrogens (tertiary/aromatic N) is 1. The Kier molecular flexibility index (Phi) is 5.54. The van der Waals surface area contributed by atoms with E-state index in [2.05, 4.69) is 64.2 Å². The second-order valence-electron chi connectivity index (χ2n) is 6.13. The molecule has 0 aliphatic rings. The Bertz CT molecular complexity index is 567. The van der Waals surface area contributed by atoms with Crippen LogP contribution in [-0.2, 0) is 6.42 Å². The fourth-order valence-corrected chi connectivity index (χ4v) is 3.46. The predicted octanol–water partition coefficient (Wildman–Crippen LogP) is 4.39. The van der Waals surface area contributed by atoms with Gasteiger partial charge < -0.3 is 5.32 Å². The predicted molar refractivity (Wildman–Crippen MR) is 92.4 cm³/mol. The molecule has 1 aromatic carbocycles. The van der Waals surface area contributed by atoms with Gasteiger partial charge in [-0.1, -0.05) is 43.7 Å². The van der Waals surface area contributed by atoms with Crippen molar-refractivity contribution in [3.63, 3.8) is 0 Å². The van der Waals surface area contributed by atoms with Crippen molar-refractivity contribution in [2.45, 2.75) is 53.0 Å². The molecule has 1 heterocycles. The number of aromatic nitrogens is 1.